The van der Waals surface area contributed by atoms with Gasteiger partial charge in [-0.3, -0.25) is 4.79 Å². The average Bonchev–Trinajstić information content (AvgIpc) is 3.33. The zero-order valence-electron chi connectivity index (χ0n) is 17.9. The van der Waals surface area contributed by atoms with Crippen LogP contribution in [0.3, 0.4) is 0 Å². The fourth-order valence-corrected chi connectivity index (χ4v) is 4.22. The maximum atomic E-state index is 12.7. The second kappa shape index (κ2) is 10.2. The highest BCUT2D eigenvalue weighted by molar-refractivity contribution is 6.44. The number of hydrogen-bond donors (Lipinski definition) is 3. The third kappa shape index (κ3) is 5.16. The molecule has 1 atom stereocenters. The van der Waals surface area contributed by atoms with Crippen LogP contribution in [-0.2, 0) is 4.79 Å². The van der Waals surface area contributed by atoms with Crippen LogP contribution in [0.4, 0.5) is 16.2 Å². The highest BCUT2D eigenvalue weighted by Crippen LogP contribution is 2.30. The van der Waals surface area contributed by atoms with E-state index in [1.54, 1.807) is 42.5 Å². The molecule has 0 bridgehead atoms. The third-order valence-electron chi connectivity index (χ3n) is 5.61. The number of hydrogen-bond acceptors (Lipinski definition) is 3. The number of amides is 3. The number of urea groups is 1. The van der Waals surface area contributed by atoms with Gasteiger partial charge in [0.2, 0.25) is 0 Å². The molecule has 0 radical (unpaired) electrons. The summed E-state index contributed by atoms with van der Waals surface area (Å²) in [6.07, 6.45) is 1.16. The maximum Gasteiger partial charge on any atom is 0.326 e. The summed E-state index contributed by atoms with van der Waals surface area (Å²) in [5, 5.41) is 15.3. The van der Waals surface area contributed by atoms with E-state index in [-0.39, 0.29) is 10.9 Å². The molecule has 9 heteroatoms. The van der Waals surface area contributed by atoms with E-state index in [2.05, 4.69) is 10.6 Å². The first-order valence-corrected chi connectivity index (χ1v) is 11.4. The van der Waals surface area contributed by atoms with Crippen LogP contribution in [0.25, 0.3) is 11.1 Å². The SMILES string of the molecule is O=C(Nc1ccc(-c2ccc(C(=O)N3CCC[C@@H]3C(=O)O)cc2)cc1)Nc1cccc(Cl)c1Cl. The molecular formula is C25H21Cl2N3O4. The maximum absolute atomic E-state index is 12.7. The Bertz CT molecular complexity index is 1230. The minimum absolute atomic E-state index is 0.264. The van der Waals surface area contributed by atoms with Crippen molar-refractivity contribution in [2.24, 2.45) is 0 Å². The van der Waals surface area contributed by atoms with Crippen LogP contribution in [0.1, 0.15) is 23.2 Å². The summed E-state index contributed by atoms with van der Waals surface area (Å²) >= 11 is 12.1. The number of carbonyl (C=O) groups is 3. The quantitative estimate of drug-likeness (QED) is 0.402. The number of halogens is 2. The normalized spacial score (nSPS) is 15.1. The molecule has 0 saturated carbocycles. The van der Waals surface area contributed by atoms with Crippen molar-refractivity contribution < 1.29 is 19.5 Å². The minimum Gasteiger partial charge on any atom is -0.480 e. The Labute approximate surface area is 206 Å². The van der Waals surface area contributed by atoms with E-state index >= 15 is 0 Å². The van der Waals surface area contributed by atoms with Crippen molar-refractivity contribution >= 4 is 52.5 Å². The van der Waals surface area contributed by atoms with Gasteiger partial charge in [0, 0.05) is 17.8 Å². The number of anilines is 2. The van der Waals surface area contributed by atoms with E-state index in [4.69, 9.17) is 23.2 Å². The molecule has 0 spiro atoms. The van der Waals surface area contributed by atoms with Crippen molar-refractivity contribution in [3.8, 4) is 11.1 Å². The lowest BCUT2D eigenvalue weighted by atomic mass is 10.0. The van der Waals surface area contributed by atoms with Gasteiger partial charge in [-0.25, -0.2) is 9.59 Å². The van der Waals surface area contributed by atoms with Crippen LogP contribution >= 0.6 is 23.2 Å². The predicted octanol–water partition coefficient (Wildman–Crippen LogP) is 5.99. The Morgan fingerprint density at radius 3 is 2.18 bits per heavy atom. The lowest BCUT2D eigenvalue weighted by Gasteiger charge is -2.21. The first-order chi connectivity index (χ1) is 16.3. The van der Waals surface area contributed by atoms with Gasteiger partial charge in [-0.1, -0.05) is 53.5 Å². The molecule has 3 aromatic rings. The first-order valence-electron chi connectivity index (χ1n) is 10.6. The molecule has 34 heavy (non-hydrogen) atoms. The Morgan fingerprint density at radius 1 is 0.882 bits per heavy atom. The van der Waals surface area contributed by atoms with Gasteiger partial charge >= 0.3 is 12.0 Å². The number of aliphatic carboxylic acids is 1. The molecular weight excluding hydrogens is 477 g/mol. The summed E-state index contributed by atoms with van der Waals surface area (Å²) in [6, 6.07) is 18.0. The second-order valence-electron chi connectivity index (χ2n) is 7.83. The standard InChI is InChI=1S/C25H21Cl2N3O4/c26-19-3-1-4-20(22(19)27)29-25(34)28-18-12-10-16(11-13-18)15-6-8-17(9-7-15)23(31)30-14-2-5-21(30)24(32)33/h1,3-4,6-13,21H,2,5,14H2,(H,32,33)(H2,28,29,34)/t21-/m1/s1. The summed E-state index contributed by atoms with van der Waals surface area (Å²) in [4.78, 5) is 37.8. The summed E-state index contributed by atoms with van der Waals surface area (Å²) < 4.78 is 0. The monoisotopic (exact) mass is 497 g/mol. The lowest BCUT2D eigenvalue weighted by molar-refractivity contribution is -0.141. The van der Waals surface area contributed by atoms with Crippen LogP contribution in [0.5, 0.6) is 0 Å². The van der Waals surface area contributed by atoms with Gasteiger partial charge in [-0.15, -0.1) is 0 Å². The van der Waals surface area contributed by atoms with Gasteiger partial charge in [0.1, 0.15) is 6.04 Å². The number of carboxylic acid groups (broad SMARTS) is 1. The highest BCUT2D eigenvalue weighted by atomic mass is 35.5. The fraction of sp³-hybridized carbons (Fsp3) is 0.160. The lowest BCUT2D eigenvalue weighted by Crippen LogP contribution is -2.40. The molecule has 3 amide bonds. The molecule has 1 fully saturated rings. The van der Waals surface area contributed by atoms with Gasteiger partial charge in [-0.2, -0.15) is 0 Å². The van der Waals surface area contributed by atoms with Crippen LogP contribution in [-0.4, -0.2) is 40.5 Å². The zero-order valence-corrected chi connectivity index (χ0v) is 19.4. The molecule has 1 aliphatic rings. The summed E-state index contributed by atoms with van der Waals surface area (Å²) in [5.74, 6) is -1.25. The zero-order chi connectivity index (χ0) is 24.2. The molecule has 1 heterocycles. The van der Waals surface area contributed by atoms with Crippen LogP contribution in [0.2, 0.25) is 10.0 Å². The number of carbonyl (C=O) groups excluding carboxylic acids is 2. The van der Waals surface area contributed by atoms with Crippen molar-refractivity contribution in [1.82, 2.24) is 4.90 Å². The minimum atomic E-state index is -0.972. The summed E-state index contributed by atoms with van der Waals surface area (Å²) in [7, 11) is 0. The molecule has 0 aliphatic carbocycles. The highest BCUT2D eigenvalue weighted by Gasteiger charge is 2.34. The Kier molecular flexibility index (Phi) is 7.05. The van der Waals surface area contributed by atoms with Crippen molar-refractivity contribution in [2.45, 2.75) is 18.9 Å². The third-order valence-corrected chi connectivity index (χ3v) is 6.43. The molecule has 0 unspecified atom stereocenters. The summed E-state index contributed by atoms with van der Waals surface area (Å²) in [6.45, 7) is 0.448. The Hall–Kier alpha value is -3.55. The van der Waals surface area contributed by atoms with E-state index in [0.29, 0.717) is 41.3 Å². The largest absolute Gasteiger partial charge is 0.480 e. The molecule has 3 N–H and O–H groups in total. The molecule has 1 aliphatic heterocycles. The Balaban J connectivity index is 1.40. The molecule has 4 rings (SSSR count). The number of rotatable bonds is 5. The van der Waals surface area contributed by atoms with Gasteiger partial charge in [0.25, 0.3) is 5.91 Å². The van der Waals surface area contributed by atoms with Gasteiger partial charge in [-0.05, 0) is 60.4 Å². The van der Waals surface area contributed by atoms with Crippen LogP contribution in [0, 0.1) is 0 Å². The number of nitrogens with one attached hydrogen (secondary N) is 2. The smallest absolute Gasteiger partial charge is 0.326 e. The van der Waals surface area contributed by atoms with Crippen molar-refractivity contribution in [2.75, 3.05) is 17.2 Å². The van der Waals surface area contributed by atoms with Crippen LogP contribution in [0.15, 0.2) is 66.7 Å². The average molecular weight is 498 g/mol. The van der Waals surface area contributed by atoms with E-state index in [1.165, 1.54) is 4.90 Å². The van der Waals surface area contributed by atoms with E-state index < -0.39 is 18.0 Å². The van der Waals surface area contributed by atoms with E-state index in [0.717, 1.165) is 11.1 Å². The summed E-state index contributed by atoms with van der Waals surface area (Å²) in [5.41, 5.74) is 3.22. The van der Waals surface area contributed by atoms with Gasteiger partial charge < -0.3 is 20.6 Å². The number of nitrogens with zero attached hydrogens (tertiary/aromatic N) is 1. The number of likely N-dealkylation sites (tertiary alicyclic amines) is 1. The number of benzene rings is 3. The molecule has 0 aromatic heterocycles. The molecule has 174 valence electrons. The first kappa shape index (κ1) is 23.6. The predicted molar refractivity (Wildman–Crippen MR) is 133 cm³/mol. The fourth-order valence-electron chi connectivity index (χ4n) is 3.87. The van der Waals surface area contributed by atoms with E-state index in [1.807, 2.05) is 24.3 Å². The van der Waals surface area contributed by atoms with Crippen molar-refractivity contribution in [3.63, 3.8) is 0 Å². The molecule has 3 aromatic carbocycles. The van der Waals surface area contributed by atoms with Gasteiger partial charge in [0.15, 0.2) is 0 Å². The molecule has 1 saturated heterocycles. The van der Waals surface area contributed by atoms with E-state index in [9.17, 15) is 19.5 Å². The van der Waals surface area contributed by atoms with Crippen molar-refractivity contribution in [1.29, 1.82) is 0 Å². The van der Waals surface area contributed by atoms with Crippen LogP contribution < -0.4 is 10.6 Å². The van der Waals surface area contributed by atoms with Gasteiger partial charge in [0.05, 0.1) is 15.7 Å². The second-order valence-corrected chi connectivity index (χ2v) is 8.62. The number of carboxylic acids is 1. The Morgan fingerprint density at radius 2 is 1.53 bits per heavy atom. The van der Waals surface area contributed by atoms with Crippen molar-refractivity contribution in [3.05, 3.63) is 82.3 Å². The topological polar surface area (TPSA) is 98.7 Å². The molecule has 7 nitrogen and oxygen atoms in total.